The fourth-order valence-corrected chi connectivity index (χ4v) is 3.91. The van der Waals surface area contributed by atoms with Crippen molar-refractivity contribution in [3.63, 3.8) is 0 Å². The molecular weight excluding hydrogens is 334 g/mol. The number of aromatic nitrogens is 1. The molecule has 3 aromatic rings. The Labute approximate surface area is 158 Å². The van der Waals surface area contributed by atoms with Gasteiger partial charge in [-0.05, 0) is 76.9 Å². The summed E-state index contributed by atoms with van der Waals surface area (Å²) in [5.74, 6) is 0. The fraction of sp³-hybridized carbons (Fsp3) is 0.0833. The molecule has 2 aromatic heterocycles. The summed E-state index contributed by atoms with van der Waals surface area (Å²) in [6.07, 6.45) is 9.11. The smallest absolute Gasteiger partial charge is 0.0306 e. The van der Waals surface area contributed by atoms with E-state index in [0.29, 0.717) is 0 Å². The second-order valence-electron chi connectivity index (χ2n) is 6.32. The molecule has 2 heteroatoms. The van der Waals surface area contributed by atoms with Crippen molar-refractivity contribution in [1.82, 2.24) is 4.98 Å². The molecule has 0 aliphatic heterocycles. The molecule has 0 amide bonds. The zero-order valence-electron chi connectivity index (χ0n) is 14.6. The van der Waals surface area contributed by atoms with Gasteiger partial charge in [0.2, 0.25) is 0 Å². The van der Waals surface area contributed by atoms with Crippen molar-refractivity contribution in [1.29, 1.82) is 0 Å². The normalized spacial score (nSPS) is 14.5. The van der Waals surface area contributed by atoms with E-state index in [4.69, 9.17) is 0 Å². The highest BCUT2D eigenvalue weighted by Crippen LogP contribution is 2.35. The van der Waals surface area contributed by atoms with Gasteiger partial charge in [-0.1, -0.05) is 36.4 Å². The first-order valence-corrected chi connectivity index (χ1v) is 9.56. The molecule has 1 nitrogen and oxygen atoms in total. The number of pyridine rings is 1. The average molecular weight is 353 g/mol. The van der Waals surface area contributed by atoms with E-state index in [-0.39, 0.29) is 0 Å². The van der Waals surface area contributed by atoms with Gasteiger partial charge in [0.05, 0.1) is 0 Å². The highest BCUT2D eigenvalue weighted by atomic mass is 32.1. The van der Waals surface area contributed by atoms with Crippen molar-refractivity contribution in [3.05, 3.63) is 112 Å². The molecule has 1 aliphatic rings. The predicted molar refractivity (Wildman–Crippen MR) is 112 cm³/mol. The lowest BCUT2D eigenvalue weighted by Gasteiger charge is -2.14. The molecular formula is C24H19NS. The van der Waals surface area contributed by atoms with Crippen LogP contribution in [0.5, 0.6) is 0 Å². The summed E-state index contributed by atoms with van der Waals surface area (Å²) < 4.78 is 0. The van der Waals surface area contributed by atoms with Crippen molar-refractivity contribution in [2.45, 2.75) is 13.3 Å². The van der Waals surface area contributed by atoms with Crippen LogP contribution in [-0.2, 0) is 0 Å². The standard InChI is InChI=1S/C24H19NS/c1-18-14-21(19-6-3-2-4-7-19)16-23(24-8-5-13-26-24)17-22(15-18)20-9-11-25-12-10-20/h2-14,17H,16H2,1H3. The maximum absolute atomic E-state index is 4.14. The number of hydrogen-bond acceptors (Lipinski definition) is 2. The minimum atomic E-state index is 0.901. The van der Waals surface area contributed by atoms with Crippen LogP contribution in [-0.4, -0.2) is 4.98 Å². The van der Waals surface area contributed by atoms with Crippen LogP contribution in [0.25, 0.3) is 16.7 Å². The second-order valence-corrected chi connectivity index (χ2v) is 7.26. The van der Waals surface area contributed by atoms with Crippen LogP contribution in [0, 0.1) is 0 Å². The predicted octanol–water partition coefficient (Wildman–Crippen LogP) is 6.64. The van der Waals surface area contributed by atoms with Crippen LogP contribution in [0.4, 0.5) is 0 Å². The molecule has 0 unspecified atom stereocenters. The summed E-state index contributed by atoms with van der Waals surface area (Å²) in [6, 6.07) is 19.0. The topological polar surface area (TPSA) is 12.9 Å². The average Bonchev–Trinajstić information content (AvgIpc) is 3.20. The van der Waals surface area contributed by atoms with Gasteiger partial charge < -0.3 is 0 Å². The zero-order chi connectivity index (χ0) is 17.8. The molecule has 0 atom stereocenters. The van der Waals surface area contributed by atoms with Gasteiger partial charge in [-0.2, -0.15) is 0 Å². The Kier molecular flexibility index (Phi) is 4.79. The third kappa shape index (κ3) is 3.67. The van der Waals surface area contributed by atoms with Gasteiger partial charge in [0, 0.05) is 22.8 Å². The maximum Gasteiger partial charge on any atom is 0.0306 e. The number of rotatable bonds is 3. The molecule has 2 heterocycles. The highest BCUT2D eigenvalue weighted by Gasteiger charge is 2.12. The lowest BCUT2D eigenvalue weighted by Crippen LogP contribution is -1.93. The third-order valence-corrected chi connectivity index (χ3v) is 5.34. The van der Waals surface area contributed by atoms with E-state index in [9.17, 15) is 0 Å². The number of allylic oxidation sites excluding steroid dienone is 5. The zero-order valence-corrected chi connectivity index (χ0v) is 15.5. The number of thiophene rings is 1. The maximum atomic E-state index is 4.14. The highest BCUT2D eigenvalue weighted by molar-refractivity contribution is 7.11. The molecule has 0 saturated heterocycles. The van der Waals surface area contributed by atoms with Crippen LogP contribution in [0.1, 0.15) is 29.3 Å². The van der Waals surface area contributed by atoms with E-state index >= 15 is 0 Å². The summed E-state index contributed by atoms with van der Waals surface area (Å²) in [5.41, 5.74) is 10.9. The summed E-state index contributed by atoms with van der Waals surface area (Å²) in [7, 11) is 0. The van der Waals surface area contributed by atoms with Gasteiger partial charge in [0.25, 0.3) is 0 Å². The Morgan fingerprint density at radius 2 is 1.65 bits per heavy atom. The van der Waals surface area contributed by atoms with E-state index in [0.717, 1.165) is 23.1 Å². The minimum absolute atomic E-state index is 0.901. The minimum Gasteiger partial charge on any atom is -0.265 e. The summed E-state index contributed by atoms with van der Waals surface area (Å²) in [4.78, 5) is 5.45. The van der Waals surface area contributed by atoms with Gasteiger partial charge in [0.15, 0.2) is 0 Å². The number of nitrogens with zero attached hydrogens (tertiary/aromatic N) is 1. The molecule has 26 heavy (non-hydrogen) atoms. The Morgan fingerprint density at radius 1 is 0.846 bits per heavy atom. The van der Waals surface area contributed by atoms with Crippen LogP contribution in [0.3, 0.4) is 0 Å². The van der Waals surface area contributed by atoms with Gasteiger partial charge in [-0.15, -0.1) is 17.1 Å². The Hall–Kier alpha value is -2.93. The number of hydrogen-bond donors (Lipinski definition) is 0. The number of benzene rings is 1. The molecule has 4 rings (SSSR count). The molecule has 0 radical (unpaired) electrons. The van der Waals surface area contributed by atoms with E-state index in [1.165, 1.54) is 21.6 Å². The summed E-state index contributed by atoms with van der Waals surface area (Å²) >= 11 is 1.78. The largest absolute Gasteiger partial charge is 0.265 e. The van der Waals surface area contributed by atoms with Crippen LogP contribution in [0.2, 0.25) is 0 Å². The third-order valence-electron chi connectivity index (χ3n) is 4.40. The van der Waals surface area contributed by atoms with Gasteiger partial charge in [-0.3, -0.25) is 4.98 Å². The quantitative estimate of drug-likeness (QED) is 0.481. The SMILES string of the molecule is CC1=C=C(c2ccncc2)C=C(c2cccs2)CC(c2ccccc2)=C1. The lowest BCUT2D eigenvalue weighted by atomic mass is 9.91. The van der Waals surface area contributed by atoms with E-state index < -0.39 is 0 Å². The monoisotopic (exact) mass is 353 g/mol. The second kappa shape index (κ2) is 7.53. The Balaban J connectivity index is 1.90. The van der Waals surface area contributed by atoms with Crippen molar-refractivity contribution >= 4 is 28.1 Å². The first-order valence-electron chi connectivity index (χ1n) is 8.68. The first kappa shape index (κ1) is 16.5. The van der Waals surface area contributed by atoms with Crippen LogP contribution in [0.15, 0.2) is 95.8 Å². The van der Waals surface area contributed by atoms with Crippen LogP contribution < -0.4 is 0 Å². The van der Waals surface area contributed by atoms with Crippen molar-refractivity contribution in [2.75, 3.05) is 0 Å². The van der Waals surface area contributed by atoms with Crippen LogP contribution >= 0.6 is 11.3 Å². The molecule has 0 N–H and O–H groups in total. The molecule has 1 aromatic carbocycles. The van der Waals surface area contributed by atoms with E-state index in [1.807, 2.05) is 24.5 Å². The van der Waals surface area contributed by atoms with E-state index in [1.54, 1.807) is 11.3 Å². The molecule has 1 aliphatic carbocycles. The molecule has 0 saturated carbocycles. The molecule has 126 valence electrons. The fourth-order valence-electron chi connectivity index (χ4n) is 3.17. The first-order chi connectivity index (χ1) is 12.8. The van der Waals surface area contributed by atoms with Gasteiger partial charge in [-0.25, -0.2) is 0 Å². The van der Waals surface area contributed by atoms with Crippen molar-refractivity contribution in [2.24, 2.45) is 0 Å². The molecule has 0 bridgehead atoms. The van der Waals surface area contributed by atoms with Gasteiger partial charge >= 0.3 is 0 Å². The summed E-state index contributed by atoms with van der Waals surface area (Å²) in [6.45, 7) is 2.12. The van der Waals surface area contributed by atoms with Crippen molar-refractivity contribution in [3.8, 4) is 0 Å². The van der Waals surface area contributed by atoms with Gasteiger partial charge in [0.1, 0.15) is 0 Å². The molecule has 0 fully saturated rings. The van der Waals surface area contributed by atoms with E-state index in [2.05, 4.69) is 77.6 Å². The Morgan fingerprint density at radius 3 is 2.38 bits per heavy atom. The Bertz CT molecular complexity index is 1020. The van der Waals surface area contributed by atoms with Crippen molar-refractivity contribution < 1.29 is 0 Å². The summed E-state index contributed by atoms with van der Waals surface area (Å²) in [5, 5.41) is 2.14. The lowest BCUT2D eigenvalue weighted by molar-refractivity contribution is 1.31. The molecule has 0 spiro atoms.